The lowest BCUT2D eigenvalue weighted by Gasteiger charge is -2.13. The van der Waals surface area contributed by atoms with Gasteiger partial charge in [-0.25, -0.2) is 0 Å². The second kappa shape index (κ2) is 6.03. The monoisotopic (exact) mass is 305 g/mol. The van der Waals surface area contributed by atoms with Crippen LogP contribution in [0, 0.1) is 6.92 Å². The van der Waals surface area contributed by atoms with Gasteiger partial charge in [-0.1, -0.05) is 40.2 Å². The summed E-state index contributed by atoms with van der Waals surface area (Å²) in [6.07, 6.45) is -0.501. The highest BCUT2D eigenvalue weighted by Crippen LogP contribution is 2.18. The van der Waals surface area contributed by atoms with Crippen molar-refractivity contribution in [2.24, 2.45) is 0 Å². The molecule has 0 bridgehead atoms. The van der Waals surface area contributed by atoms with E-state index in [0.29, 0.717) is 6.54 Å². The van der Waals surface area contributed by atoms with Crippen molar-refractivity contribution in [1.29, 1.82) is 0 Å². The maximum atomic E-state index is 10.1. The molecule has 0 aliphatic carbocycles. The van der Waals surface area contributed by atoms with E-state index in [4.69, 9.17) is 0 Å². The first kappa shape index (κ1) is 13.1. The van der Waals surface area contributed by atoms with E-state index in [9.17, 15) is 5.11 Å². The number of benzene rings is 2. The topological polar surface area (TPSA) is 32.3 Å². The van der Waals surface area contributed by atoms with Gasteiger partial charge in [0.2, 0.25) is 0 Å². The van der Waals surface area contributed by atoms with Crippen molar-refractivity contribution in [3.8, 4) is 0 Å². The van der Waals surface area contributed by atoms with Crippen molar-refractivity contribution in [3.63, 3.8) is 0 Å². The van der Waals surface area contributed by atoms with Crippen molar-refractivity contribution in [3.05, 3.63) is 64.1 Å². The molecule has 1 unspecified atom stereocenters. The minimum absolute atomic E-state index is 0.501. The van der Waals surface area contributed by atoms with E-state index in [2.05, 4.69) is 40.3 Å². The molecule has 0 aliphatic rings. The molecule has 1 atom stereocenters. The molecular formula is C15H16BrNO. The fourth-order valence-corrected chi connectivity index (χ4v) is 2.04. The molecule has 2 nitrogen and oxygen atoms in total. The van der Waals surface area contributed by atoms with Crippen LogP contribution in [-0.2, 0) is 0 Å². The normalized spacial score (nSPS) is 12.2. The van der Waals surface area contributed by atoms with Gasteiger partial charge >= 0.3 is 0 Å². The van der Waals surface area contributed by atoms with Gasteiger partial charge in [0.05, 0.1) is 6.10 Å². The van der Waals surface area contributed by atoms with Crippen LogP contribution in [0.4, 0.5) is 5.69 Å². The molecular weight excluding hydrogens is 290 g/mol. The first-order valence-corrected chi connectivity index (χ1v) is 6.68. The van der Waals surface area contributed by atoms with Crippen molar-refractivity contribution in [1.82, 2.24) is 0 Å². The van der Waals surface area contributed by atoms with Gasteiger partial charge in [0.25, 0.3) is 0 Å². The van der Waals surface area contributed by atoms with Gasteiger partial charge in [-0.15, -0.1) is 0 Å². The summed E-state index contributed by atoms with van der Waals surface area (Å²) in [6, 6.07) is 15.8. The van der Waals surface area contributed by atoms with Crippen molar-refractivity contribution < 1.29 is 5.11 Å². The van der Waals surface area contributed by atoms with Crippen LogP contribution in [0.25, 0.3) is 0 Å². The highest BCUT2D eigenvalue weighted by atomic mass is 79.9. The number of hydrogen-bond acceptors (Lipinski definition) is 2. The average molecular weight is 306 g/mol. The Morgan fingerprint density at radius 2 is 1.89 bits per heavy atom. The van der Waals surface area contributed by atoms with Crippen LogP contribution < -0.4 is 5.32 Å². The molecule has 18 heavy (non-hydrogen) atoms. The Bertz CT molecular complexity index is 510. The average Bonchev–Trinajstić information content (AvgIpc) is 2.37. The number of hydrogen-bond donors (Lipinski definition) is 2. The lowest BCUT2D eigenvalue weighted by molar-refractivity contribution is 0.191. The highest BCUT2D eigenvalue weighted by Gasteiger charge is 2.06. The molecule has 2 aromatic carbocycles. The Kier molecular flexibility index (Phi) is 4.39. The second-order valence-electron chi connectivity index (χ2n) is 4.32. The molecule has 0 fully saturated rings. The molecule has 0 spiro atoms. The van der Waals surface area contributed by atoms with E-state index in [1.54, 1.807) is 0 Å². The molecule has 0 saturated carbocycles. The summed E-state index contributed by atoms with van der Waals surface area (Å²) in [5.74, 6) is 0. The van der Waals surface area contributed by atoms with Crippen LogP contribution in [0.5, 0.6) is 0 Å². The molecule has 0 amide bonds. The van der Waals surface area contributed by atoms with Gasteiger partial charge in [0.1, 0.15) is 0 Å². The van der Waals surface area contributed by atoms with Crippen molar-refractivity contribution >= 4 is 21.6 Å². The summed E-state index contributed by atoms with van der Waals surface area (Å²) in [5.41, 5.74) is 3.16. The predicted molar refractivity (Wildman–Crippen MR) is 78.8 cm³/mol. The maximum absolute atomic E-state index is 10.1. The highest BCUT2D eigenvalue weighted by molar-refractivity contribution is 9.10. The van der Waals surface area contributed by atoms with Crippen LogP contribution in [-0.4, -0.2) is 11.7 Å². The molecule has 3 heteroatoms. The molecule has 0 aromatic heterocycles. The fraction of sp³-hybridized carbons (Fsp3) is 0.200. The third-order valence-corrected chi connectivity index (χ3v) is 3.30. The number of nitrogens with one attached hydrogen (secondary N) is 1. The molecule has 2 rings (SSSR count). The number of aliphatic hydroxyl groups is 1. The molecule has 0 aliphatic heterocycles. The summed E-state index contributed by atoms with van der Waals surface area (Å²) in [7, 11) is 0. The van der Waals surface area contributed by atoms with Gasteiger partial charge < -0.3 is 10.4 Å². The molecule has 0 heterocycles. The Morgan fingerprint density at radius 1 is 1.17 bits per heavy atom. The standard InChI is InChI=1S/C15H16BrNO/c1-11-3-2-4-14(9-11)17-10-15(18)12-5-7-13(16)8-6-12/h2-9,15,17-18H,10H2,1H3. The van der Waals surface area contributed by atoms with Gasteiger partial charge in [0, 0.05) is 16.7 Å². The van der Waals surface area contributed by atoms with E-state index >= 15 is 0 Å². The number of halogens is 1. The van der Waals surface area contributed by atoms with Crippen LogP contribution in [0.15, 0.2) is 53.0 Å². The third-order valence-electron chi connectivity index (χ3n) is 2.77. The summed E-state index contributed by atoms with van der Waals surface area (Å²) in [6.45, 7) is 2.56. The Hall–Kier alpha value is -1.32. The first-order chi connectivity index (χ1) is 8.65. The largest absolute Gasteiger partial charge is 0.387 e. The minimum atomic E-state index is -0.501. The van der Waals surface area contributed by atoms with Crippen LogP contribution in [0.3, 0.4) is 0 Å². The van der Waals surface area contributed by atoms with Crippen LogP contribution in [0.1, 0.15) is 17.2 Å². The zero-order chi connectivity index (χ0) is 13.0. The van der Waals surface area contributed by atoms with Gasteiger partial charge in [-0.2, -0.15) is 0 Å². The van der Waals surface area contributed by atoms with Gasteiger partial charge in [-0.3, -0.25) is 0 Å². The van der Waals surface area contributed by atoms with Crippen molar-refractivity contribution in [2.75, 3.05) is 11.9 Å². The third kappa shape index (κ3) is 3.59. The van der Waals surface area contributed by atoms with E-state index in [0.717, 1.165) is 15.7 Å². The van der Waals surface area contributed by atoms with Crippen LogP contribution >= 0.6 is 15.9 Å². The van der Waals surface area contributed by atoms with Crippen LogP contribution in [0.2, 0.25) is 0 Å². The summed E-state index contributed by atoms with van der Waals surface area (Å²) >= 11 is 3.38. The van der Waals surface area contributed by atoms with E-state index in [-0.39, 0.29) is 0 Å². The van der Waals surface area contributed by atoms with E-state index in [1.165, 1.54) is 5.56 Å². The first-order valence-electron chi connectivity index (χ1n) is 5.89. The number of aryl methyl sites for hydroxylation is 1. The molecule has 2 aromatic rings. The minimum Gasteiger partial charge on any atom is -0.387 e. The van der Waals surface area contributed by atoms with Gasteiger partial charge in [-0.05, 0) is 42.3 Å². The fourth-order valence-electron chi connectivity index (χ4n) is 1.77. The van der Waals surface area contributed by atoms with E-state index in [1.807, 2.05) is 36.4 Å². The summed E-state index contributed by atoms with van der Waals surface area (Å²) in [4.78, 5) is 0. The predicted octanol–water partition coefficient (Wildman–Crippen LogP) is 3.90. The van der Waals surface area contributed by atoms with Crippen molar-refractivity contribution in [2.45, 2.75) is 13.0 Å². The molecule has 0 radical (unpaired) electrons. The maximum Gasteiger partial charge on any atom is 0.0962 e. The zero-order valence-electron chi connectivity index (χ0n) is 10.2. The van der Waals surface area contributed by atoms with E-state index < -0.39 is 6.10 Å². The molecule has 2 N–H and O–H groups in total. The van der Waals surface area contributed by atoms with Gasteiger partial charge in [0.15, 0.2) is 0 Å². The summed E-state index contributed by atoms with van der Waals surface area (Å²) < 4.78 is 1.02. The lowest BCUT2D eigenvalue weighted by Crippen LogP contribution is -2.12. The Morgan fingerprint density at radius 3 is 2.56 bits per heavy atom. The molecule has 0 saturated heterocycles. The Balaban J connectivity index is 1.96. The second-order valence-corrected chi connectivity index (χ2v) is 5.23. The SMILES string of the molecule is Cc1cccc(NCC(O)c2ccc(Br)cc2)c1. The zero-order valence-corrected chi connectivity index (χ0v) is 11.8. The number of anilines is 1. The molecule has 94 valence electrons. The number of aliphatic hydroxyl groups excluding tert-OH is 1. The summed E-state index contributed by atoms with van der Waals surface area (Å²) in [5, 5.41) is 13.3. The smallest absolute Gasteiger partial charge is 0.0962 e. The number of rotatable bonds is 4. The Labute approximate surface area is 116 Å². The quantitative estimate of drug-likeness (QED) is 0.898. The lowest BCUT2D eigenvalue weighted by atomic mass is 10.1.